The van der Waals surface area contributed by atoms with Gasteiger partial charge in [-0.25, -0.2) is 0 Å². The van der Waals surface area contributed by atoms with Crippen LogP contribution in [0.3, 0.4) is 0 Å². The summed E-state index contributed by atoms with van der Waals surface area (Å²) in [5.41, 5.74) is 0.395. The van der Waals surface area contributed by atoms with Gasteiger partial charge in [-0.05, 0) is 37.8 Å². The second-order valence-electron chi connectivity index (χ2n) is 6.31. The van der Waals surface area contributed by atoms with Crippen LogP contribution in [0.2, 0.25) is 0 Å². The van der Waals surface area contributed by atoms with E-state index in [0.717, 1.165) is 6.04 Å². The van der Waals surface area contributed by atoms with E-state index in [4.69, 9.17) is 0 Å². The zero-order valence-electron chi connectivity index (χ0n) is 10.6. The summed E-state index contributed by atoms with van der Waals surface area (Å²) in [7, 11) is 0. The van der Waals surface area contributed by atoms with E-state index in [1.165, 1.54) is 45.3 Å². The van der Waals surface area contributed by atoms with Gasteiger partial charge >= 0.3 is 0 Å². The molecule has 0 radical (unpaired) electrons. The molecule has 0 aromatic carbocycles. The summed E-state index contributed by atoms with van der Waals surface area (Å²) < 4.78 is 0. The zero-order chi connectivity index (χ0) is 10.9. The Labute approximate surface area is 94.4 Å². The van der Waals surface area contributed by atoms with Crippen molar-refractivity contribution in [1.82, 2.24) is 10.2 Å². The summed E-state index contributed by atoms with van der Waals surface area (Å²) in [5.74, 6) is 0. The molecular weight excluding hydrogens is 184 g/mol. The lowest BCUT2D eigenvalue weighted by Crippen LogP contribution is -2.50. The van der Waals surface area contributed by atoms with Crippen molar-refractivity contribution >= 4 is 0 Å². The molecule has 1 aliphatic heterocycles. The maximum absolute atomic E-state index is 3.71. The monoisotopic (exact) mass is 210 g/mol. The molecule has 2 aliphatic rings. The van der Waals surface area contributed by atoms with E-state index in [9.17, 15) is 0 Å². The zero-order valence-corrected chi connectivity index (χ0v) is 10.6. The van der Waals surface area contributed by atoms with Crippen LogP contribution in [0.25, 0.3) is 0 Å². The van der Waals surface area contributed by atoms with E-state index in [-0.39, 0.29) is 0 Å². The van der Waals surface area contributed by atoms with Crippen LogP contribution >= 0.6 is 0 Å². The van der Waals surface area contributed by atoms with Gasteiger partial charge in [0.25, 0.3) is 0 Å². The molecule has 2 nitrogen and oxygen atoms in total. The standard InChI is InChI=1S/C13H26N2/c1-13(2,3)12-10-15(9-5-8-14-12)11-6-4-7-11/h11-12,14H,4-10H2,1-3H3. The molecule has 0 spiro atoms. The predicted octanol–water partition coefficient (Wildman–Crippen LogP) is 2.25. The molecule has 88 valence electrons. The van der Waals surface area contributed by atoms with Gasteiger partial charge in [0.15, 0.2) is 0 Å². The molecule has 2 fully saturated rings. The lowest BCUT2D eigenvalue weighted by atomic mass is 9.85. The van der Waals surface area contributed by atoms with Gasteiger partial charge in [0.1, 0.15) is 0 Å². The third kappa shape index (κ3) is 2.73. The molecule has 2 rings (SSSR count). The molecule has 1 heterocycles. The quantitative estimate of drug-likeness (QED) is 0.714. The van der Waals surface area contributed by atoms with Gasteiger partial charge < -0.3 is 5.32 Å². The number of hydrogen-bond acceptors (Lipinski definition) is 2. The highest BCUT2D eigenvalue weighted by Crippen LogP contribution is 2.28. The van der Waals surface area contributed by atoms with Crippen LogP contribution in [0, 0.1) is 5.41 Å². The SMILES string of the molecule is CC(C)(C)C1CN(C2CCC2)CCCN1. The van der Waals surface area contributed by atoms with Gasteiger partial charge in [-0.1, -0.05) is 27.2 Å². The molecule has 0 aromatic rings. The van der Waals surface area contributed by atoms with E-state index >= 15 is 0 Å². The van der Waals surface area contributed by atoms with Crippen molar-refractivity contribution in [3.63, 3.8) is 0 Å². The van der Waals surface area contributed by atoms with Crippen molar-refractivity contribution < 1.29 is 0 Å². The lowest BCUT2D eigenvalue weighted by molar-refractivity contribution is 0.105. The van der Waals surface area contributed by atoms with Crippen LogP contribution in [-0.4, -0.2) is 36.6 Å². The fourth-order valence-electron chi connectivity index (χ4n) is 2.61. The van der Waals surface area contributed by atoms with Crippen molar-refractivity contribution in [2.24, 2.45) is 5.41 Å². The average molecular weight is 210 g/mol. The minimum atomic E-state index is 0.395. The van der Waals surface area contributed by atoms with Gasteiger partial charge in [-0.2, -0.15) is 0 Å². The fourth-order valence-corrected chi connectivity index (χ4v) is 2.61. The van der Waals surface area contributed by atoms with Gasteiger partial charge in [-0.3, -0.25) is 4.90 Å². The third-order valence-electron chi connectivity index (χ3n) is 4.07. The Morgan fingerprint density at radius 3 is 2.40 bits per heavy atom. The first-order chi connectivity index (χ1) is 7.07. The molecule has 0 aromatic heterocycles. The number of nitrogens with zero attached hydrogens (tertiary/aromatic N) is 1. The highest BCUT2D eigenvalue weighted by molar-refractivity contribution is 4.90. The summed E-state index contributed by atoms with van der Waals surface area (Å²) in [6, 6.07) is 1.58. The number of rotatable bonds is 1. The first kappa shape index (κ1) is 11.4. The van der Waals surface area contributed by atoms with Crippen LogP contribution in [-0.2, 0) is 0 Å². The molecule has 1 aliphatic carbocycles. The largest absolute Gasteiger partial charge is 0.312 e. The predicted molar refractivity (Wildman–Crippen MR) is 65.1 cm³/mol. The van der Waals surface area contributed by atoms with Crippen LogP contribution in [0.4, 0.5) is 0 Å². The van der Waals surface area contributed by atoms with E-state index < -0.39 is 0 Å². The van der Waals surface area contributed by atoms with Crippen molar-refractivity contribution in [1.29, 1.82) is 0 Å². The Balaban J connectivity index is 1.95. The molecule has 1 saturated carbocycles. The molecule has 2 heteroatoms. The highest BCUT2D eigenvalue weighted by atomic mass is 15.2. The normalized spacial score (nSPS) is 31.0. The molecule has 0 bridgehead atoms. The second kappa shape index (κ2) is 4.42. The van der Waals surface area contributed by atoms with Crippen LogP contribution in [0.1, 0.15) is 46.5 Å². The Kier molecular flexibility index (Phi) is 3.36. The Morgan fingerprint density at radius 2 is 1.87 bits per heavy atom. The van der Waals surface area contributed by atoms with E-state index in [1.54, 1.807) is 0 Å². The molecule has 15 heavy (non-hydrogen) atoms. The minimum Gasteiger partial charge on any atom is -0.312 e. The highest BCUT2D eigenvalue weighted by Gasteiger charge is 2.32. The lowest BCUT2D eigenvalue weighted by Gasteiger charge is -2.40. The minimum absolute atomic E-state index is 0.395. The first-order valence-corrected chi connectivity index (χ1v) is 6.55. The van der Waals surface area contributed by atoms with Gasteiger partial charge in [0, 0.05) is 18.6 Å². The molecule has 1 N–H and O–H groups in total. The Morgan fingerprint density at radius 1 is 1.13 bits per heavy atom. The van der Waals surface area contributed by atoms with Crippen molar-refractivity contribution in [3.05, 3.63) is 0 Å². The molecule has 0 amide bonds. The van der Waals surface area contributed by atoms with Crippen LogP contribution in [0.15, 0.2) is 0 Å². The van der Waals surface area contributed by atoms with Crippen molar-refractivity contribution in [2.45, 2.75) is 58.5 Å². The summed E-state index contributed by atoms with van der Waals surface area (Å²) in [6.45, 7) is 10.8. The van der Waals surface area contributed by atoms with E-state index in [1.807, 2.05) is 0 Å². The Hall–Kier alpha value is -0.0800. The smallest absolute Gasteiger partial charge is 0.0243 e. The first-order valence-electron chi connectivity index (χ1n) is 6.55. The van der Waals surface area contributed by atoms with E-state index in [2.05, 4.69) is 31.0 Å². The Bertz CT molecular complexity index is 203. The average Bonchev–Trinajstić information content (AvgIpc) is 2.25. The third-order valence-corrected chi connectivity index (χ3v) is 4.07. The van der Waals surface area contributed by atoms with Crippen molar-refractivity contribution in [2.75, 3.05) is 19.6 Å². The van der Waals surface area contributed by atoms with Crippen LogP contribution < -0.4 is 5.32 Å². The van der Waals surface area contributed by atoms with Gasteiger partial charge in [-0.15, -0.1) is 0 Å². The second-order valence-corrected chi connectivity index (χ2v) is 6.31. The number of hydrogen-bond donors (Lipinski definition) is 1. The molecular formula is C13H26N2. The maximum Gasteiger partial charge on any atom is 0.0243 e. The molecule has 1 unspecified atom stereocenters. The summed E-state index contributed by atoms with van der Waals surface area (Å²) >= 11 is 0. The van der Waals surface area contributed by atoms with Crippen molar-refractivity contribution in [3.8, 4) is 0 Å². The fraction of sp³-hybridized carbons (Fsp3) is 1.00. The van der Waals surface area contributed by atoms with E-state index in [0.29, 0.717) is 11.5 Å². The molecule has 1 atom stereocenters. The summed E-state index contributed by atoms with van der Waals surface area (Å²) in [5, 5.41) is 3.71. The van der Waals surface area contributed by atoms with Gasteiger partial charge in [0.2, 0.25) is 0 Å². The topological polar surface area (TPSA) is 15.3 Å². The molecule has 1 saturated heterocycles. The maximum atomic E-state index is 3.71. The summed E-state index contributed by atoms with van der Waals surface area (Å²) in [6.07, 6.45) is 5.66. The van der Waals surface area contributed by atoms with Gasteiger partial charge in [0.05, 0.1) is 0 Å². The summed E-state index contributed by atoms with van der Waals surface area (Å²) in [4.78, 5) is 2.74. The van der Waals surface area contributed by atoms with Crippen LogP contribution in [0.5, 0.6) is 0 Å². The number of nitrogens with one attached hydrogen (secondary N) is 1.